The van der Waals surface area contributed by atoms with E-state index in [-0.39, 0.29) is 11.7 Å². The summed E-state index contributed by atoms with van der Waals surface area (Å²) in [4.78, 5) is 28.2. The zero-order chi connectivity index (χ0) is 27.4. The third-order valence-electron chi connectivity index (χ3n) is 6.53. The molecule has 4 N–H and O–H groups in total. The van der Waals surface area contributed by atoms with Crippen LogP contribution < -0.4 is 15.5 Å². The first-order chi connectivity index (χ1) is 18.9. The van der Waals surface area contributed by atoms with E-state index in [0.29, 0.717) is 29.5 Å². The molecular weight excluding hydrogens is 494 g/mol. The highest BCUT2D eigenvalue weighted by atomic mass is 16.3. The fourth-order valence-electron chi connectivity index (χ4n) is 4.44. The molecule has 0 saturated carbocycles. The molecule has 0 spiro atoms. The van der Waals surface area contributed by atoms with Crippen LogP contribution in [0.15, 0.2) is 60.8 Å². The number of aromatic nitrogens is 4. The molecule has 39 heavy (non-hydrogen) atoms. The summed E-state index contributed by atoms with van der Waals surface area (Å²) in [5, 5.41) is 24.6. The van der Waals surface area contributed by atoms with Gasteiger partial charge >= 0.3 is 0 Å². The predicted octanol–water partition coefficient (Wildman–Crippen LogP) is 3.28. The number of fused-ring (bicyclic) bond motifs is 1. The minimum Gasteiger partial charge on any atom is -0.506 e. The first-order valence-corrected chi connectivity index (χ1v) is 12.8. The van der Waals surface area contributed by atoms with Crippen molar-refractivity contribution < 1.29 is 9.90 Å². The zero-order valence-electron chi connectivity index (χ0n) is 22.3. The number of rotatable bonds is 8. The molecule has 1 fully saturated rings. The summed E-state index contributed by atoms with van der Waals surface area (Å²) in [6.45, 7) is 4.23. The van der Waals surface area contributed by atoms with E-state index in [1.807, 2.05) is 55.4 Å². The van der Waals surface area contributed by atoms with E-state index in [2.05, 4.69) is 42.7 Å². The molecule has 202 valence electrons. The van der Waals surface area contributed by atoms with Crippen molar-refractivity contribution in [1.29, 1.82) is 0 Å². The predicted molar refractivity (Wildman–Crippen MR) is 155 cm³/mol. The van der Waals surface area contributed by atoms with E-state index in [4.69, 9.17) is 4.98 Å². The zero-order valence-corrected chi connectivity index (χ0v) is 22.3. The number of phenols is 1. The number of amides is 1. The van der Waals surface area contributed by atoms with Gasteiger partial charge in [0, 0.05) is 55.7 Å². The van der Waals surface area contributed by atoms with Crippen LogP contribution in [0.25, 0.3) is 22.3 Å². The average Bonchev–Trinajstić information content (AvgIpc) is 3.38. The Balaban J connectivity index is 1.40. The summed E-state index contributed by atoms with van der Waals surface area (Å²) in [5.41, 5.74) is 4.27. The number of nitrogens with one attached hydrogen (secondary N) is 3. The van der Waals surface area contributed by atoms with Crippen LogP contribution in [0.5, 0.6) is 5.75 Å². The van der Waals surface area contributed by atoms with Crippen molar-refractivity contribution >= 4 is 40.0 Å². The number of hydrogen-bond acceptors (Lipinski definition) is 9. The van der Waals surface area contributed by atoms with Gasteiger partial charge in [0.2, 0.25) is 11.9 Å². The van der Waals surface area contributed by atoms with Gasteiger partial charge in [0.05, 0.1) is 23.0 Å². The van der Waals surface area contributed by atoms with Crippen LogP contribution in [-0.2, 0) is 4.79 Å². The summed E-state index contributed by atoms with van der Waals surface area (Å²) in [5.74, 6) is 0.431. The van der Waals surface area contributed by atoms with Crippen LogP contribution in [0.1, 0.15) is 0 Å². The lowest BCUT2D eigenvalue weighted by Gasteiger charge is -2.34. The van der Waals surface area contributed by atoms with Gasteiger partial charge in [-0.3, -0.25) is 9.89 Å². The number of H-pyrrole nitrogens is 1. The largest absolute Gasteiger partial charge is 0.506 e. The number of carbonyl (C=O) groups excluding carboxylic acids is 1. The molecule has 0 bridgehead atoms. The molecular formula is C28H33N9O2. The monoisotopic (exact) mass is 527 g/mol. The smallest absolute Gasteiger partial charge is 0.248 e. The number of aromatic amines is 1. The van der Waals surface area contributed by atoms with Crippen molar-refractivity contribution in [3.63, 3.8) is 0 Å². The minimum absolute atomic E-state index is 0.198. The van der Waals surface area contributed by atoms with Crippen LogP contribution in [0.3, 0.4) is 0 Å². The normalized spacial score (nSPS) is 14.4. The Morgan fingerprint density at radius 1 is 1.10 bits per heavy atom. The fourth-order valence-corrected chi connectivity index (χ4v) is 4.44. The van der Waals surface area contributed by atoms with Gasteiger partial charge in [-0.2, -0.15) is 10.1 Å². The second kappa shape index (κ2) is 11.5. The SMILES string of the molecule is CN(C)C/C=C/C(=O)Nc1cccc(-c2nc(Nc3ccc(O)c(N4CCN(C)CC4)c3)nc3[nH]ncc23)c1. The van der Waals surface area contributed by atoms with E-state index in [0.717, 1.165) is 48.5 Å². The number of aromatic hydroxyl groups is 1. The van der Waals surface area contributed by atoms with Gasteiger partial charge in [-0.05, 0) is 51.5 Å². The van der Waals surface area contributed by atoms with Crippen LogP contribution in [0, 0.1) is 0 Å². The first-order valence-electron chi connectivity index (χ1n) is 12.8. The Kier molecular flexibility index (Phi) is 7.71. The Morgan fingerprint density at radius 3 is 2.72 bits per heavy atom. The third-order valence-corrected chi connectivity index (χ3v) is 6.53. The van der Waals surface area contributed by atoms with Crippen LogP contribution in [0.4, 0.5) is 23.0 Å². The molecule has 2 aromatic carbocycles. The van der Waals surface area contributed by atoms with Crippen LogP contribution >= 0.6 is 0 Å². The van der Waals surface area contributed by atoms with Crippen molar-refractivity contribution in [3.8, 4) is 17.0 Å². The van der Waals surface area contributed by atoms with Gasteiger partial charge in [0.1, 0.15) is 5.75 Å². The number of benzene rings is 2. The summed E-state index contributed by atoms with van der Waals surface area (Å²) < 4.78 is 0. The topological polar surface area (TPSA) is 126 Å². The van der Waals surface area contributed by atoms with Gasteiger partial charge in [-0.1, -0.05) is 18.2 Å². The number of anilines is 4. The Morgan fingerprint density at radius 2 is 1.92 bits per heavy atom. The van der Waals surface area contributed by atoms with Crippen molar-refractivity contribution in [2.45, 2.75) is 0 Å². The number of likely N-dealkylation sites (N-methyl/N-ethyl adjacent to an activating group) is 2. The molecule has 3 heterocycles. The van der Waals surface area contributed by atoms with E-state index in [9.17, 15) is 9.90 Å². The molecule has 4 aromatic rings. The summed E-state index contributed by atoms with van der Waals surface area (Å²) in [7, 11) is 5.99. The number of carbonyl (C=O) groups is 1. The summed E-state index contributed by atoms with van der Waals surface area (Å²) in [6, 6.07) is 12.9. The number of hydrogen-bond donors (Lipinski definition) is 4. The Hall–Kier alpha value is -4.48. The fraction of sp³-hybridized carbons (Fsp3) is 0.286. The molecule has 11 heteroatoms. The molecule has 1 amide bonds. The quantitative estimate of drug-likeness (QED) is 0.202. The number of piperazine rings is 1. The first kappa shape index (κ1) is 26.1. The third kappa shape index (κ3) is 6.33. The summed E-state index contributed by atoms with van der Waals surface area (Å²) >= 11 is 0. The van der Waals surface area contributed by atoms with Gasteiger partial charge in [-0.25, -0.2) is 4.98 Å². The second-order valence-electron chi connectivity index (χ2n) is 9.88. The van der Waals surface area contributed by atoms with E-state index in [1.165, 1.54) is 6.08 Å². The maximum atomic E-state index is 12.4. The Bertz CT molecular complexity index is 1490. The molecule has 2 aromatic heterocycles. The lowest BCUT2D eigenvalue weighted by molar-refractivity contribution is -0.111. The second-order valence-corrected chi connectivity index (χ2v) is 9.88. The highest BCUT2D eigenvalue weighted by molar-refractivity contribution is 6.00. The standard InChI is InChI=1S/C28H33N9O2/c1-35(2)11-5-8-25(39)30-20-7-4-6-19(16-20)26-22-18-29-34-27(22)33-28(32-26)31-21-9-10-24(38)23(17-21)37-14-12-36(3)13-15-37/h4-10,16-18,38H,11-15H2,1-3H3,(H,30,39)(H2,29,31,32,33,34)/b8-5+. The summed E-state index contributed by atoms with van der Waals surface area (Å²) in [6.07, 6.45) is 5.03. The Labute approximate surface area is 227 Å². The van der Waals surface area contributed by atoms with Crippen LogP contribution in [-0.4, -0.2) is 94.8 Å². The van der Waals surface area contributed by atoms with Gasteiger partial charge in [0.25, 0.3) is 0 Å². The van der Waals surface area contributed by atoms with Crippen molar-refractivity contribution in [3.05, 3.63) is 60.8 Å². The molecule has 1 saturated heterocycles. The van der Waals surface area contributed by atoms with Gasteiger partial charge < -0.3 is 30.4 Å². The number of nitrogens with zero attached hydrogens (tertiary/aromatic N) is 6. The van der Waals surface area contributed by atoms with Crippen LogP contribution in [0.2, 0.25) is 0 Å². The van der Waals surface area contributed by atoms with E-state index < -0.39 is 0 Å². The lowest BCUT2D eigenvalue weighted by atomic mass is 10.1. The minimum atomic E-state index is -0.198. The van der Waals surface area contributed by atoms with E-state index in [1.54, 1.807) is 18.3 Å². The molecule has 11 nitrogen and oxygen atoms in total. The highest BCUT2D eigenvalue weighted by Gasteiger charge is 2.18. The molecule has 0 aliphatic carbocycles. The van der Waals surface area contributed by atoms with Crippen molar-refractivity contribution in [2.75, 3.05) is 69.4 Å². The maximum absolute atomic E-state index is 12.4. The highest BCUT2D eigenvalue weighted by Crippen LogP contribution is 2.33. The molecule has 0 radical (unpaired) electrons. The van der Waals surface area contributed by atoms with Gasteiger partial charge in [0.15, 0.2) is 5.65 Å². The molecule has 1 aliphatic rings. The molecule has 5 rings (SSSR count). The van der Waals surface area contributed by atoms with E-state index >= 15 is 0 Å². The van der Waals surface area contributed by atoms with Crippen molar-refractivity contribution in [1.82, 2.24) is 30.0 Å². The average molecular weight is 528 g/mol. The lowest BCUT2D eigenvalue weighted by Crippen LogP contribution is -2.44. The molecule has 1 aliphatic heterocycles. The van der Waals surface area contributed by atoms with Gasteiger partial charge in [-0.15, -0.1) is 0 Å². The molecule has 0 atom stereocenters. The molecule has 0 unspecified atom stereocenters. The number of phenolic OH excluding ortho intramolecular Hbond substituents is 1. The maximum Gasteiger partial charge on any atom is 0.248 e. The van der Waals surface area contributed by atoms with Crippen molar-refractivity contribution in [2.24, 2.45) is 0 Å².